The maximum atomic E-state index is 12.8. The fourth-order valence-electron chi connectivity index (χ4n) is 1.58. The lowest BCUT2D eigenvalue weighted by Gasteiger charge is -2.09. The second-order valence-corrected chi connectivity index (χ2v) is 6.34. The van der Waals surface area contributed by atoms with E-state index in [2.05, 4.69) is 5.32 Å². The van der Waals surface area contributed by atoms with E-state index in [9.17, 15) is 12.8 Å². The Morgan fingerprint density at radius 2 is 2.00 bits per heavy atom. The largest absolute Gasteiger partial charge is 0.384 e. The maximum absolute atomic E-state index is 12.8. The molecule has 0 bridgehead atoms. The molecule has 1 aromatic rings. The number of nitrogens with one attached hydrogen (secondary N) is 1. The average molecular weight is 259 g/mol. The first-order valence-corrected chi connectivity index (χ1v) is 7.47. The average Bonchev–Trinajstić information content (AvgIpc) is 2.21. The third-order valence-corrected chi connectivity index (χ3v) is 4.29. The molecule has 0 aromatic heterocycles. The van der Waals surface area contributed by atoms with Crippen LogP contribution in [0.15, 0.2) is 18.2 Å². The minimum Gasteiger partial charge on any atom is -0.384 e. The van der Waals surface area contributed by atoms with Crippen molar-refractivity contribution in [3.05, 3.63) is 29.6 Å². The minimum atomic E-state index is -2.96. The molecule has 3 nitrogen and oxygen atoms in total. The summed E-state index contributed by atoms with van der Waals surface area (Å²) in [6.45, 7) is 3.98. The van der Waals surface area contributed by atoms with E-state index in [0.717, 1.165) is 11.3 Å². The van der Waals surface area contributed by atoms with Crippen LogP contribution in [0.4, 0.5) is 10.1 Å². The number of sulfone groups is 1. The number of halogens is 1. The Balaban J connectivity index is 2.51. The van der Waals surface area contributed by atoms with Crippen LogP contribution in [0.2, 0.25) is 0 Å². The van der Waals surface area contributed by atoms with Crippen molar-refractivity contribution in [2.24, 2.45) is 0 Å². The Labute approximate surface area is 102 Å². The van der Waals surface area contributed by atoms with Gasteiger partial charge in [0.05, 0.1) is 5.75 Å². The van der Waals surface area contributed by atoms with Gasteiger partial charge in [-0.25, -0.2) is 12.8 Å². The van der Waals surface area contributed by atoms with Gasteiger partial charge in [-0.1, -0.05) is 6.92 Å². The molecule has 0 aliphatic rings. The Kier molecular flexibility index (Phi) is 4.93. The zero-order valence-electron chi connectivity index (χ0n) is 10.2. The van der Waals surface area contributed by atoms with Crippen LogP contribution in [0.3, 0.4) is 0 Å². The van der Waals surface area contributed by atoms with Crippen LogP contribution in [-0.4, -0.2) is 26.5 Å². The smallest absolute Gasteiger partial charge is 0.152 e. The van der Waals surface area contributed by atoms with Crippen LogP contribution in [0.25, 0.3) is 0 Å². The second kappa shape index (κ2) is 6.00. The molecule has 0 heterocycles. The van der Waals surface area contributed by atoms with E-state index in [1.165, 1.54) is 12.1 Å². The number of hydrogen-bond donors (Lipinski definition) is 1. The van der Waals surface area contributed by atoms with Crippen LogP contribution in [0.1, 0.15) is 18.9 Å². The van der Waals surface area contributed by atoms with Crippen molar-refractivity contribution in [3.8, 4) is 0 Å². The van der Waals surface area contributed by atoms with Crippen molar-refractivity contribution in [2.45, 2.75) is 20.3 Å². The molecule has 0 saturated heterocycles. The van der Waals surface area contributed by atoms with Gasteiger partial charge in [-0.15, -0.1) is 0 Å². The van der Waals surface area contributed by atoms with E-state index in [-0.39, 0.29) is 17.3 Å². The van der Waals surface area contributed by atoms with Gasteiger partial charge in [0.2, 0.25) is 0 Å². The van der Waals surface area contributed by atoms with Crippen molar-refractivity contribution in [1.82, 2.24) is 0 Å². The van der Waals surface area contributed by atoms with Crippen LogP contribution < -0.4 is 5.32 Å². The summed E-state index contributed by atoms with van der Waals surface area (Å²) >= 11 is 0. The molecule has 1 rings (SSSR count). The molecule has 96 valence electrons. The first-order valence-electron chi connectivity index (χ1n) is 5.65. The number of hydrogen-bond acceptors (Lipinski definition) is 3. The Morgan fingerprint density at radius 1 is 1.29 bits per heavy atom. The second-order valence-electron chi connectivity index (χ2n) is 4.04. The zero-order valence-corrected chi connectivity index (χ0v) is 11.0. The highest BCUT2D eigenvalue weighted by molar-refractivity contribution is 7.91. The van der Waals surface area contributed by atoms with Crippen LogP contribution >= 0.6 is 0 Å². The van der Waals surface area contributed by atoms with E-state index in [1.54, 1.807) is 13.0 Å². The molecule has 0 radical (unpaired) electrons. The first kappa shape index (κ1) is 14.0. The van der Waals surface area contributed by atoms with Crippen LogP contribution in [0, 0.1) is 12.7 Å². The van der Waals surface area contributed by atoms with Gasteiger partial charge in [-0.3, -0.25) is 0 Å². The molecular weight excluding hydrogens is 241 g/mol. The molecule has 1 N–H and O–H groups in total. The van der Waals surface area contributed by atoms with Crippen molar-refractivity contribution >= 4 is 15.5 Å². The molecule has 0 amide bonds. The molecule has 0 aliphatic heterocycles. The highest BCUT2D eigenvalue weighted by Gasteiger charge is 2.08. The number of rotatable bonds is 6. The summed E-state index contributed by atoms with van der Waals surface area (Å²) in [6.07, 6.45) is 0.637. The summed E-state index contributed by atoms with van der Waals surface area (Å²) in [5, 5.41) is 3.01. The van der Waals surface area contributed by atoms with Crippen molar-refractivity contribution < 1.29 is 12.8 Å². The fourth-order valence-corrected chi connectivity index (χ4v) is 2.82. The van der Waals surface area contributed by atoms with Gasteiger partial charge in [0.1, 0.15) is 5.82 Å². The minimum absolute atomic E-state index is 0.109. The SMILES string of the molecule is CCCS(=O)(=O)CCNc1ccc(F)cc1C. The molecule has 1 aromatic carbocycles. The van der Waals surface area contributed by atoms with E-state index in [4.69, 9.17) is 0 Å². The zero-order chi connectivity index (χ0) is 12.9. The Bertz CT molecular complexity index is 471. The molecule has 0 saturated carbocycles. The highest BCUT2D eigenvalue weighted by Crippen LogP contribution is 2.15. The summed E-state index contributed by atoms with van der Waals surface area (Å²) in [6, 6.07) is 4.40. The molecule has 0 atom stereocenters. The first-order chi connectivity index (χ1) is 7.94. The normalized spacial score (nSPS) is 11.5. The van der Waals surface area contributed by atoms with E-state index >= 15 is 0 Å². The highest BCUT2D eigenvalue weighted by atomic mass is 32.2. The molecule has 0 fully saturated rings. The summed E-state index contributed by atoms with van der Waals surface area (Å²) in [4.78, 5) is 0. The molecule has 0 aliphatic carbocycles. The van der Waals surface area contributed by atoms with Gasteiger partial charge in [-0.05, 0) is 37.1 Å². The maximum Gasteiger partial charge on any atom is 0.152 e. The lowest BCUT2D eigenvalue weighted by molar-refractivity contribution is 0.595. The predicted octanol–water partition coefficient (Wildman–Crippen LogP) is 2.37. The van der Waals surface area contributed by atoms with Crippen LogP contribution in [0.5, 0.6) is 0 Å². The molecule has 5 heteroatoms. The van der Waals surface area contributed by atoms with Crippen LogP contribution in [-0.2, 0) is 9.84 Å². The molecule has 0 unspecified atom stereocenters. The van der Waals surface area contributed by atoms with Gasteiger partial charge in [0, 0.05) is 18.0 Å². The number of anilines is 1. The van der Waals surface area contributed by atoms with Gasteiger partial charge >= 0.3 is 0 Å². The van der Waals surface area contributed by atoms with Gasteiger partial charge in [-0.2, -0.15) is 0 Å². The molecular formula is C12H18FNO2S. The number of aryl methyl sites for hydroxylation is 1. The third kappa shape index (κ3) is 4.73. The van der Waals surface area contributed by atoms with E-state index in [0.29, 0.717) is 13.0 Å². The third-order valence-electron chi connectivity index (χ3n) is 2.43. The quantitative estimate of drug-likeness (QED) is 0.853. The van der Waals surface area contributed by atoms with Crippen molar-refractivity contribution in [2.75, 3.05) is 23.4 Å². The summed E-state index contributed by atoms with van der Waals surface area (Å²) in [5.41, 5.74) is 1.55. The van der Waals surface area contributed by atoms with Crippen molar-refractivity contribution in [1.29, 1.82) is 0 Å². The van der Waals surface area contributed by atoms with E-state index in [1.807, 2.05) is 6.92 Å². The topological polar surface area (TPSA) is 46.2 Å². The molecule has 17 heavy (non-hydrogen) atoms. The predicted molar refractivity (Wildman–Crippen MR) is 68.6 cm³/mol. The lowest BCUT2D eigenvalue weighted by atomic mass is 10.2. The standard InChI is InChI=1S/C12H18FNO2S/c1-3-7-17(15,16)8-6-14-12-5-4-11(13)9-10(12)2/h4-5,9,14H,3,6-8H2,1-2H3. The Morgan fingerprint density at radius 3 is 2.59 bits per heavy atom. The monoisotopic (exact) mass is 259 g/mol. The number of benzene rings is 1. The van der Waals surface area contributed by atoms with E-state index < -0.39 is 9.84 Å². The van der Waals surface area contributed by atoms with Gasteiger partial charge in [0.15, 0.2) is 9.84 Å². The summed E-state index contributed by atoms with van der Waals surface area (Å²) in [7, 11) is -2.96. The fraction of sp³-hybridized carbons (Fsp3) is 0.500. The lowest BCUT2D eigenvalue weighted by Crippen LogP contribution is -2.18. The molecule has 0 spiro atoms. The van der Waals surface area contributed by atoms with Gasteiger partial charge < -0.3 is 5.32 Å². The summed E-state index contributed by atoms with van der Waals surface area (Å²) < 4.78 is 35.8. The Hall–Kier alpha value is -1.10. The van der Waals surface area contributed by atoms with Crippen molar-refractivity contribution in [3.63, 3.8) is 0 Å². The summed E-state index contributed by atoms with van der Waals surface area (Å²) in [5.74, 6) is 0.0426. The van der Waals surface area contributed by atoms with Gasteiger partial charge in [0.25, 0.3) is 0 Å².